The first kappa shape index (κ1) is 12.4. The Bertz CT molecular complexity index is 818. The van der Waals surface area contributed by atoms with Crippen LogP contribution < -0.4 is 11.3 Å². The number of nitrogens with two attached hydrogens (primary N) is 1. The van der Waals surface area contributed by atoms with Crippen molar-refractivity contribution in [3.05, 3.63) is 47.1 Å². The smallest absolute Gasteiger partial charge is 0.295 e. The van der Waals surface area contributed by atoms with Gasteiger partial charge in [0.2, 0.25) is 5.82 Å². The van der Waals surface area contributed by atoms with Gasteiger partial charge in [-0.15, -0.1) is 0 Å². The van der Waals surface area contributed by atoms with Crippen LogP contribution in [-0.2, 0) is 6.54 Å². The predicted octanol–water partition coefficient (Wildman–Crippen LogP) is 1.57. The molecule has 2 N–H and O–H groups in total. The Morgan fingerprint density at radius 3 is 3.00 bits per heavy atom. The van der Waals surface area contributed by atoms with E-state index in [9.17, 15) is 4.79 Å². The van der Waals surface area contributed by atoms with E-state index in [-0.39, 0.29) is 5.56 Å². The Balaban J connectivity index is 2.23. The zero-order valence-electron chi connectivity index (χ0n) is 11.2. The van der Waals surface area contributed by atoms with Crippen molar-refractivity contribution < 1.29 is 0 Å². The van der Waals surface area contributed by atoms with Crippen molar-refractivity contribution in [2.24, 2.45) is 0 Å². The van der Waals surface area contributed by atoms with Crippen molar-refractivity contribution in [1.82, 2.24) is 19.3 Å². The molecule has 3 aromatic rings. The molecule has 2 aromatic heterocycles. The van der Waals surface area contributed by atoms with Crippen molar-refractivity contribution >= 4 is 16.6 Å². The van der Waals surface area contributed by atoms with Crippen molar-refractivity contribution in [2.75, 3.05) is 5.73 Å². The molecule has 0 spiro atoms. The molecule has 0 unspecified atom stereocenters. The second kappa shape index (κ2) is 4.80. The van der Waals surface area contributed by atoms with Crippen LogP contribution in [-0.4, -0.2) is 19.3 Å². The molecular weight excluding hydrogens is 254 g/mol. The maximum atomic E-state index is 12.4. The van der Waals surface area contributed by atoms with Gasteiger partial charge in [-0.1, -0.05) is 6.92 Å². The fourth-order valence-electron chi connectivity index (χ4n) is 2.20. The van der Waals surface area contributed by atoms with Gasteiger partial charge in [0.05, 0.1) is 11.7 Å². The molecule has 20 heavy (non-hydrogen) atoms. The van der Waals surface area contributed by atoms with Crippen molar-refractivity contribution in [3.63, 3.8) is 0 Å². The quantitative estimate of drug-likeness (QED) is 0.732. The summed E-state index contributed by atoms with van der Waals surface area (Å²) in [6, 6.07) is 5.48. The average molecular weight is 269 g/mol. The highest BCUT2D eigenvalue weighted by molar-refractivity contribution is 5.82. The van der Waals surface area contributed by atoms with Crippen molar-refractivity contribution in [3.8, 4) is 5.82 Å². The standard InChI is InChI=1S/C14H15N5O/c1-2-6-18-7-5-16-13(14(18)20)19-12-8-11(15)4-3-10(12)9-17-19/h3-5,7-9H,2,6,15H2,1H3. The summed E-state index contributed by atoms with van der Waals surface area (Å²) in [5.74, 6) is 0.293. The van der Waals surface area contributed by atoms with Gasteiger partial charge in [-0.3, -0.25) is 4.79 Å². The molecule has 0 aliphatic carbocycles. The van der Waals surface area contributed by atoms with Crippen LogP contribution >= 0.6 is 0 Å². The molecule has 0 saturated heterocycles. The summed E-state index contributed by atoms with van der Waals surface area (Å²) in [6.45, 7) is 2.69. The van der Waals surface area contributed by atoms with Gasteiger partial charge in [0, 0.05) is 30.0 Å². The minimum atomic E-state index is -0.151. The molecule has 0 aliphatic heterocycles. The fraction of sp³-hybridized carbons (Fsp3) is 0.214. The highest BCUT2D eigenvalue weighted by atomic mass is 16.1. The van der Waals surface area contributed by atoms with Crippen LogP contribution in [0.3, 0.4) is 0 Å². The van der Waals surface area contributed by atoms with E-state index in [0.717, 1.165) is 17.3 Å². The van der Waals surface area contributed by atoms with E-state index in [1.807, 2.05) is 19.1 Å². The summed E-state index contributed by atoms with van der Waals surface area (Å²) >= 11 is 0. The average Bonchev–Trinajstić information content (AvgIpc) is 2.84. The Hall–Kier alpha value is -2.63. The van der Waals surface area contributed by atoms with E-state index >= 15 is 0 Å². The molecule has 0 fully saturated rings. The number of hydrogen-bond acceptors (Lipinski definition) is 4. The zero-order chi connectivity index (χ0) is 14.1. The van der Waals surface area contributed by atoms with E-state index in [2.05, 4.69) is 10.1 Å². The van der Waals surface area contributed by atoms with Gasteiger partial charge in [0.25, 0.3) is 5.56 Å². The summed E-state index contributed by atoms with van der Waals surface area (Å²) in [5.41, 5.74) is 7.06. The maximum absolute atomic E-state index is 12.4. The van der Waals surface area contributed by atoms with E-state index in [1.165, 1.54) is 0 Å². The maximum Gasteiger partial charge on any atom is 0.295 e. The van der Waals surface area contributed by atoms with Crippen LogP contribution in [0.15, 0.2) is 41.6 Å². The summed E-state index contributed by atoms with van der Waals surface area (Å²) < 4.78 is 3.18. The highest BCUT2D eigenvalue weighted by Crippen LogP contribution is 2.18. The molecule has 1 aromatic carbocycles. The minimum Gasteiger partial charge on any atom is -0.399 e. The zero-order valence-corrected chi connectivity index (χ0v) is 11.2. The van der Waals surface area contributed by atoms with Crippen LogP contribution in [0.1, 0.15) is 13.3 Å². The first-order valence-corrected chi connectivity index (χ1v) is 6.50. The predicted molar refractivity (Wildman–Crippen MR) is 77.8 cm³/mol. The van der Waals surface area contributed by atoms with Crippen LogP contribution in [0.5, 0.6) is 0 Å². The van der Waals surface area contributed by atoms with E-state index in [0.29, 0.717) is 18.1 Å². The topological polar surface area (TPSA) is 78.7 Å². The number of nitrogen functional groups attached to an aromatic ring is 1. The normalized spacial score (nSPS) is 11.1. The number of hydrogen-bond donors (Lipinski definition) is 1. The van der Waals surface area contributed by atoms with Gasteiger partial charge in [0.1, 0.15) is 0 Å². The molecule has 0 radical (unpaired) electrons. The van der Waals surface area contributed by atoms with Gasteiger partial charge >= 0.3 is 0 Å². The number of aromatic nitrogens is 4. The third kappa shape index (κ3) is 1.95. The van der Waals surface area contributed by atoms with Gasteiger partial charge in [-0.25, -0.2) is 9.67 Å². The minimum absolute atomic E-state index is 0.151. The van der Waals surface area contributed by atoms with Crippen LogP contribution in [0, 0.1) is 0 Å². The lowest BCUT2D eigenvalue weighted by atomic mass is 10.2. The number of nitrogens with zero attached hydrogens (tertiary/aromatic N) is 4. The number of aryl methyl sites for hydroxylation is 1. The number of benzene rings is 1. The molecule has 102 valence electrons. The monoisotopic (exact) mass is 269 g/mol. The second-order valence-electron chi connectivity index (χ2n) is 4.62. The lowest BCUT2D eigenvalue weighted by Gasteiger charge is -2.06. The largest absolute Gasteiger partial charge is 0.399 e. The highest BCUT2D eigenvalue weighted by Gasteiger charge is 2.11. The fourth-order valence-corrected chi connectivity index (χ4v) is 2.20. The summed E-state index contributed by atoms with van der Waals surface area (Å²) in [6.07, 6.45) is 5.89. The van der Waals surface area contributed by atoms with Gasteiger partial charge in [-0.2, -0.15) is 5.10 Å². The molecular formula is C14H15N5O. The second-order valence-corrected chi connectivity index (χ2v) is 4.62. The van der Waals surface area contributed by atoms with Crippen LogP contribution in [0.25, 0.3) is 16.7 Å². The molecule has 0 aliphatic rings. The van der Waals surface area contributed by atoms with Crippen molar-refractivity contribution in [2.45, 2.75) is 19.9 Å². The van der Waals surface area contributed by atoms with Crippen LogP contribution in [0.4, 0.5) is 5.69 Å². The molecule has 3 rings (SSSR count). The van der Waals surface area contributed by atoms with Crippen LogP contribution in [0.2, 0.25) is 0 Å². The van der Waals surface area contributed by atoms with Gasteiger partial charge in [-0.05, 0) is 24.6 Å². The molecule has 0 saturated carbocycles. The van der Waals surface area contributed by atoms with E-state index < -0.39 is 0 Å². The van der Waals surface area contributed by atoms with Gasteiger partial charge in [0.15, 0.2) is 0 Å². The number of anilines is 1. The summed E-state index contributed by atoms with van der Waals surface area (Å²) in [5, 5.41) is 5.18. The van der Waals surface area contributed by atoms with E-state index in [1.54, 1.807) is 33.9 Å². The Labute approximate surface area is 115 Å². The van der Waals surface area contributed by atoms with E-state index in [4.69, 9.17) is 5.73 Å². The lowest BCUT2D eigenvalue weighted by Crippen LogP contribution is -2.25. The molecule has 0 atom stereocenters. The first-order valence-electron chi connectivity index (χ1n) is 6.50. The first-order chi connectivity index (χ1) is 9.70. The van der Waals surface area contributed by atoms with Crippen molar-refractivity contribution in [1.29, 1.82) is 0 Å². The summed E-state index contributed by atoms with van der Waals surface area (Å²) in [7, 11) is 0. The molecule has 2 heterocycles. The Morgan fingerprint density at radius 2 is 2.20 bits per heavy atom. The Morgan fingerprint density at radius 1 is 1.35 bits per heavy atom. The Kier molecular flexibility index (Phi) is 2.98. The lowest BCUT2D eigenvalue weighted by molar-refractivity contribution is 0.638. The molecule has 6 nitrogen and oxygen atoms in total. The molecule has 0 amide bonds. The third-order valence-corrected chi connectivity index (χ3v) is 3.16. The SMILES string of the molecule is CCCn1ccnc(-n2ncc3ccc(N)cc32)c1=O. The molecule has 0 bridgehead atoms. The number of rotatable bonds is 3. The number of fused-ring (bicyclic) bond motifs is 1. The summed E-state index contributed by atoms with van der Waals surface area (Å²) in [4.78, 5) is 16.6. The third-order valence-electron chi connectivity index (χ3n) is 3.16. The van der Waals surface area contributed by atoms with Gasteiger partial charge < -0.3 is 10.3 Å². The molecule has 6 heteroatoms.